The quantitative estimate of drug-likeness (QED) is 0.0256. The van der Waals surface area contributed by atoms with Crippen molar-refractivity contribution in [2.75, 3.05) is 208 Å². The minimum absolute atomic E-state index is 0.110. The Hall–Kier alpha value is -2.63. The molecule has 28 nitrogen and oxygen atoms in total. The Bertz CT molecular complexity index is 2160. The zero-order valence-electron chi connectivity index (χ0n) is 76.8. The van der Waals surface area contributed by atoms with Crippen LogP contribution in [0.5, 0.6) is 0 Å². The molecule has 0 bridgehead atoms. The first kappa shape index (κ1) is 111. The van der Waals surface area contributed by atoms with Gasteiger partial charge in [-0.25, -0.2) is 4.79 Å². The molecule has 119 heavy (non-hydrogen) atoms. The summed E-state index contributed by atoms with van der Waals surface area (Å²) in [4.78, 5) is 31.9. The van der Waals surface area contributed by atoms with Crippen LogP contribution in [-0.2, 0) is 123 Å². The van der Waals surface area contributed by atoms with Crippen LogP contribution in [0.2, 0.25) is 0 Å². The van der Waals surface area contributed by atoms with E-state index in [0.717, 1.165) is 202 Å². The second kappa shape index (κ2) is 76.6. The number of ether oxygens (including phenoxy) is 24. The van der Waals surface area contributed by atoms with Crippen molar-refractivity contribution in [1.82, 2.24) is 5.32 Å². The van der Waals surface area contributed by atoms with Gasteiger partial charge in [0.2, 0.25) is 0 Å². The Morgan fingerprint density at radius 2 is 0.672 bits per heavy atom. The maximum atomic E-state index is 10.7. The Labute approximate surface area is 719 Å². The molecule has 17 atom stereocenters. The van der Waals surface area contributed by atoms with Crippen molar-refractivity contribution >= 4 is 18.0 Å². The monoisotopic (exact) mass is 1710 g/mol. The number of hydrogen-bond acceptors (Lipinski definition) is 27. The molecule has 2 saturated carbocycles. The number of hydrogen-bond donors (Lipinski definition) is 1. The van der Waals surface area contributed by atoms with Crippen LogP contribution >= 0.6 is 0 Å². The third kappa shape index (κ3) is 80.9. The predicted octanol–water partition coefficient (Wildman–Crippen LogP) is 14.7. The number of nitrogens with one attached hydrogen (secondary N) is 1. The van der Waals surface area contributed by atoms with Gasteiger partial charge in [0, 0.05) is 101 Å². The maximum absolute atomic E-state index is 10.7. The van der Waals surface area contributed by atoms with Gasteiger partial charge >= 0.3 is 18.0 Å². The number of methoxy groups -OCH3 is 6. The molecule has 13 aliphatic heterocycles. The lowest BCUT2D eigenvalue weighted by Gasteiger charge is -2.17. The summed E-state index contributed by atoms with van der Waals surface area (Å²) in [6, 6.07) is 0. The number of fused-ring (bicyclic) bond motifs is 2. The fourth-order valence-electron chi connectivity index (χ4n) is 11.9. The van der Waals surface area contributed by atoms with Gasteiger partial charge in [0.25, 0.3) is 0 Å². The number of amides is 1. The lowest BCUT2D eigenvalue weighted by molar-refractivity contribution is -0.144. The molecule has 1 N–H and O–H groups in total. The van der Waals surface area contributed by atoms with Gasteiger partial charge in [-0.05, 0) is 147 Å². The van der Waals surface area contributed by atoms with E-state index in [1.807, 2.05) is 13.8 Å². The van der Waals surface area contributed by atoms with Crippen molar-refractivity contribution in [2.45, 2.75) is 352 Å². The third-order valence-corrected chi connectivity index (χ3v) is 20.5. The molecule has 1 amide bonds. The zero-order chi connectivity index (χ0) is 86.2. The largest absolute Gasteiger partial charge is 0.469 e. The molecular weight excluding hydrogens is 1540 g/mol. The molecule has 17 unspecified atom stereocenters. The molecule has 13 saturated heterocycles. The Morgan fingerprint density at radius 1 is 0.286 bits per heavy atom. The first-order valence-electron chi connectivity index (χ1n) is 46.6. The van der Waals surface area contributed by atoms with E-state index in [2.05, 4.69) is 44.7 Å². The summed E-state index contributed by atoms with van der Waals surface area (Å²) < 4.78 is 120. The van der Waals surface area contributed by atoms with Gasteiger partial charge in [0.05, 0.1) is 161 Å². The van der Waals surface area contributed by atoms with Crippen molar-refractivity contribution in [3.05, 3.63) is 0 Å². The molecule has 28 heteroatoms. The number of esters is 2. The number of unbranched alkanes of at least 4 members (excludes halogenated alkanes) is 8. The standard InChI is InChI=1S/C10H18O.C9H16O.C8H14O3.2C8H16O2.C7H12O3.2C7H14O2.C6H11NO3.2C6H12O2.C5H10O2.C4H8O2/c1-2-3-4-8-5-6-9-10(7-8)11-9;1-2-3-7-4-5-8-9(6-7)10-8;1-10-8(9)5-3-2-4-7-6-11-7;1-9-6-4-2-3-5-8-7-10-8;1-2-3-4-5-9-6-8-7-10-8;1-2-3-7(8)10-5-6-4-9-6;1-8-5-3-2-4-7-6-9-7;1-2-3-4-8-5-7-6-9-7;1-2-7-6(8)10-4-5-3-9-5;1-7-4-2-3-6-5-8-6;1-2-3-7-4-6-5-8-6;1-6-3-2-5-4-7-5;1-5-2-4-3-6-4/h8-10H,2-7H2,1H3;7-9H,2-6H2,1H3;7H,2-6H2,1H3;2*8H,2-7H2,1H3;6H,2-5H2,1H3;2*7H,2-6H2,1H3;5H,2-4H2,1H3,(H,7,8);2*6H,2-5H2,1H3;5H,2-4H2,1H3;4H,2-3H2,1H3. The molecule has 0 radical (unpaired) electrons. The van der Waals surface area contributed by atoms with Gasteiger partial charge in [-0.15, -0.1) is 0 Å². The number of rotatable bonds is 52. The van der Waals surface area contributed by atoms with Gasteiger partial charge in [-0.1, -0.05) is 112 Å². The molecule has 13 heterocycles. The number of alkyl carbamates (subject to hydrolysis) is 1. The summed E-state index contributed by atoms with van der Waals surface area (Å²) in [5.74, 6) is 1.77. The van der Waals surface area contributed by atoms with Gasteiger partial charge in [-0.3, -0.25) is 9.59 Å². The first-order chi connectivity index (χ1) is 58.2. The van der Waals surface area contributed by atoms with E-state index in [4.69, 9.17) is 109 Å². The van der Waals surface area contributed by atoms with Gasteiger partial charge < -0.3 is 119 Å². The highest BCUT2D eigenvalue weighted by atomic mass is 16.6. The van der Waals surface area contributed by atoms with E-state index < -0.39 is 0 Å². The Balaban J connectivity index is 0.000000334. The lowest BCUT2D eigenvalue weighted by atomic mass is 9.86. The maximum Gasteiger partial charge on any atom is 0.407 e. The fourth-order valence-corrected chi connectivity index (χ4v) is 11.9. The molecule has 0 aromatic heterocycles. The summed E-state index contributed by atoms with van der Waals surface area (Å²) in [5, 5.41) is 2.51. The number of carbonyl (C=O) groups excluding carboxylic acids is 3. The highest BCUT2D eigenvalue weighted by molar-refractivity contribution is 5.69. The van der Waals surface area contributed by atoms with E-state index >= 15 is 0 Å². The number of epoxide rings is 13. The average Bonchev–Trinajstić information content (AvgIpc) is 1.67. The smallest absolute Gasteiger partial charge is 0.407 e. The van der Waals surface area contributed by atoms with Crippen molar-refractivity contribution < 1.29 is 128 Å². The second-order valence-corrected chi connectivity index (χ2v) is 32.6. The molecule has 15 rings (SSSR count). The lowest BCUT2D eigenvalue weighted by Crippen LogP contribution is -2.25. The number of carbonyl (C=O) groups is 3. The highest BCUT2D eigenvalue weighted by Gasteiger charge is 2.44. The van der Waals surface area contributed by atoms with Crippen LogP contribution in [0, 0.1) is 11.8 Å². The normalized spacial score (nSPS) is 27.5. The van der Waals surface area contributed by atoms with E-state index in [0.29, 0.717) is 112 Å². The first-order valence-corrected chi connectivity index (χ1v) is 46.6. The highest BCUT2D eigenvalue weighted by Crippen LogP contribution is 2.42. The second-order valence-electron chi connectivity index (χ2n) is 32.6. The Kier molecular flexibility index (Phi) is 71.1. The summed E-state index contributed by atoms with van der Waals surface area (Å²) in [7, 11) is 10.0. The molecule has 15 fully saturated rings. The zero-order valence-corrected chi connectivity index (χ0v) is 76.8. The molecular formula is C91H173NO27. The van der Waals surface area contributed by atoms with Crippen LogP contribution in [-0.4, -0.2) is 317 Å². The van der Waals surface area contributed by atoms with E-state index in [1.165, 1.54) is 161 Å². The Morgan fingerprint density at radius 3 is 1.08 bits per heavy atom. The summed E-state index contributed by atoms with van der Waals surface area (Å²) in [6.45, 7) is 35.6. The van der Waals surface area contributed by atoms with Crippen LogP contribution in [0.1, 0.15) is 260 Å². The van der Waals surface area contributed by atoms with E-state index in [1.54, 1.807) is 35.5 Å². The molecule has 0 aromatic rings. The molecule has 0 aromatic carbocycles. The van der Waals surface area contributed by atoms with Gasteiger partial charge in [-0.2, -0.15) is 0 Å². The van der Waals surface area contributed by atoms with Crippen molar-refractivity contribution in [2.24, 2.45) is 11.8 Å². The van der Waals surface area contributed by atoms with Crippen molar-refractivity contribution in [1.29, 1.82) is 0 Å². The fraction of sp³-hybridized carbons (Fsp3) is 0.967. The van der Waals surface area contributed by atoms with Crippen LogP contribution in [0.15, 0.2) is 0 Å². The minimum atomic E-state index is -0.363. The van der Waals surface area contributed by atoms with Gasteiger partial charge in [0.1, 0.15) is 49.8 Å². The van der Waals surface area contributed by atoms with Crippen LogP contribution in [0.4, 0.5) is 4.79 Å². The van der Waals surface area contributed by atoms with Crippen LogP contribution < -0.4 is 5.32 Å². The molecule has 2 aliphatic carbocycles. The molecule has 0 spiro atoms. The summed E-state index contributed by atoms with van der Waals surface area (Å²) in [5.41, 5.74) is 0. The topological polar surface area (TPSA) is 328 Å². The average molecular weight is 1710 g/mol. The SMILES string of the molecule is CCCC(=O)OCC1CO1.CCCC1CCC2OC2C1.CCCCC1CCC2OC2C1.CCCCCOCC1CO1.CCCCOCC1CO1.CCCOCC1CO1.CCNC(=O)OCC1CO1.COC(=O)CCCCC1CO1.COCC1CO1.COCCC1CO1.COCCCC1CO1.COCCCCC1CO1.COCCCCCC1CO1. The van der Waals surface area contributed by atoms with Crippen molar-refractivity contribution in [3.63, 3.8) is 0 Å². The van der Waals surface area contributed by atoms with E-state index in [-0.39, 0.29) is 30.2 Å². The molecule has 15 aliphatic rings. The summed E-state index contributed by atoms with van der Waals surface area (Å²) in [6.07, 6.45) is 46.8. The van der Waals surface area contributed by atoms with Crippen molar-refractivity contribution in [3.8, 4) is 0 Å². The minimum Gasteiger partial charge on any atom is -0.469 e. The van der Waals surface area contributed by atoms with E-state index in [9.17, 15) is 14.4 Å². The van der Waals surface area contributed by atoms with Crippen LogP contribution in [0.3, 0.4) is 0 Å². The molecule has 704 valence electrons. The third-order valence-electron chi connectivity index (χ3n) is 20.5. The van der Waals surface area contributed by atoms with Gasteiger partial charge in [0.15, 0.2) is 0 Å². The van der Waals surface area contributed by atoms with Crippen LogP contribution in [0.25, 0.3) is 0 Å². The summed E-state index contributed by atoms with van der Waals surface area (Å²) >= 11 is 0. The predicted molar refractivity (Wildman–Crippen MR) is 458 cm³/mol.